The largest absolute Gasteiger partial charge is 0.496 e. The molecular formula is C25H30N4O5. The zero-order valence-corrected chi connectivity index (χ0v) is 19.8. The summed E-state index contributed by atoms with van der Waals surface area (Å²) in [6.45, 7) is 1.72. The molecule has 0 bridgehead atoms. The van der Waals surface area contributed by atoms with Crippen LogP contribution in [0.25, 0.3) is 0 Å². The van der Waals surface area contributed by atoms with E-state index in [0.717, 1.165) is 44.5 Å². The van der Waals surface area contributed by atoms with Gasteiger partial charge in [0, 0.05) is 42.4 Å². The number of anilines is 2. The molecule has 0 radical (unpaired) electrons. The predicted molar refractivity (Wildman–Crippen MR) is 128 cm³/mol. The van der Waals surface area contributed by atoms with E-state index in [-0.39, 0.29) is 11.3 Å². The number of methoxy groups -OCH3 is 3. The highest BCUT2D eigenvalue weighted by Gasteiger charge is 2.40. The summed E-state index contributed by atoms with van der Waals surface area (Å²) in [7, 11) is 4.67. The van der Waals surface area contributed by atoms with Crippen LogP contribution < -0.4 is 30.0 Å². The Morgan fingerprint density at radius 3 is 2.32 bits per heavy atom. The first kappa shape index (κ1) is 22.3. The van der Waals surface area contributed by atoms with E-state index >= 15 is 0 Å². The molecule has 34 heavy (non-hydrogen) atoms. The molecule has 3 heterocycles. The van der Waals surface area contributed by atoms with Gasteiger partial charge in [0.05, 0.1) is 32.8 Å². The molecule has 180 valence electrons. The molecular weight excluding hydrogens is 436 g/mol. The van der Waals surface area contributed by atoms with Gasteiger partial charge in [0.25, 0.3) is 5.56 Å². The minimum Gasteiger partial charge on any atom is -0.496 e. The van der Waals surface area contributed by atoms with Gasteiger partial charge in [0.2, 0.25) is 5.95 Å². The molecule has 1 aromatic heterocycles. The Morgan fingerprint density at radius 1 is 0.912 bits per heavy atom. The van der Waals surface area contributed by atoms with Gasteiger partial charge < -0.3 is 24.4 Å². The van der Waals surface area contributed by atoms with E-state index in [0.29, 0.717) is 52.1 Å². The fourth-order valence-electron chi connectivity index (χ4n) is 5.29. The fourth-order valence-corrected chi connectivity index (χ4v) is 5.29. The second-order valence-electron chi connectivity index (χ2n) is 8.88. The third-order valence-corrected chi connectivity index (χ3v) is 6.95. The molecule has 1 fully saturated rings. The van der Waals surface area contributed by atoms with Gasteiger partial charge in [-0.25, -0.2) is 0 Å². The van der Waals surface area contributed by atoms with Crippen LogP contribution in [0.15, 0.2) is 28.2 Å². The highest BCUT2D eigenvalue weighted by atomic mass is 16.5. The number of benzene rings is 1. The fraction of sp³-hybridized carbons (Fsp3) is 0.480. The molecule has 2 aromatic rings. The number of aromatic nitrogens is 2. The molecule has 1 aromatic carbocycles. The van der Waals surface area contributed by atoms with Crippen molar-refractivity contribution in [3.63, 3.8) is 0 Å². The number of H-pyrrole nitrogens is 1. The molecule has 9 nitrogen and oxygen atoms in total. The molecule has 1 saturated heterocycles. The maximum Gasteiger partial charge on any atom is 0.258 e. The van der Waals surface area contributed by atoms with E-state index in [1.165, 1.54) is 6.42 Å². The summed E-state index contributed by atoms with van der Waals surface area (Å²) in [5, 5.41) is 3.34. The number of carbonyl (C=O) groups is 1. The zero-order chi connectivity index (χ0) is 23.8. The normalized spacial score (nSPS) is 19.8. The number of nitrogens with zero attached hydrogens (tertiary/aromatic N) is 2. The number of ketones is 1. The van der Waals surface area contributed by atoms with Crippen molar-refractivity contribution < 1.29 is 19.0 Å². The molecule has 0 unspecified atom stereocenters. The number of hydrogen-bond acceptors (Lipinski definition) is 8. The average Bonchev–Trinajstić information content (AvgIpc) is 2.87. The number of aromatic amines is 1. The quantitative estimate of drug-likeness (QED) is 0.691. The molecule has 0 spiro atoms. The van der Waals surface area contributed by atoms with E-state index in [1.54, 1.807) is 33.5 Å². The van der Waals surface area contributed by atoms with E-state index < -0.39 is 5.92 Å². The van der Waals surface area contributed by atoms with Crippen LogP contribution in [0.5, 0.6) is 17.2 Å². The lowest BCUT2D eigenvalue weighted by Gasteiger charge is -2.34. The summed E-state index contributed by atoms with van der Waals surface area (Å²) in [5.74, 6) is 1.99. The van der Waals surface area contributed by atoms with Crippen LogP contribution in [-0.2, 0) is 4.79 Å². The maximum absolute atomic E-state index is 13.6. The van der Waals surface area contributed by atoms with Crippen molar-refractivity contribution in [2.75, 3.05) is 44.6 Å². The Bertz CT molecular complexity index is 1210. The van der Waals surface area contributed by atoms with Crippen LogP contribution in [0.2, 0.25) is 0 Å². The van der Waals surface area contributed by atoms with Crippen LogP contribution in [-0.4, -0.2) is 50.2 Å². The summed E-state index contributed by atoms with van der Waals surface area (Å²) >= 11 is 0. The van der Waals surface area contributed by atoms with Gasteiger partial charge in [-0.05, 0) is 38.2 Å². The standard InChI is InChI=1S/C25H30N4O5/c1-32-17-13-19(34-3)18(33-2)12-14(17)20-21-15(8-7-9-16(21)30)26-23-22(20)24(31)28-25(27-23)29-10-5-4-6-11-29/h12-13,20H,4-11H2,1-3H3,(H2,26,27,28,31)/t20-/m0/s1. The molecule has 9 heteroatoms. The molecule has 2 aliphatic heterocycles. The van der Waals surface area contributed by atoms with Crippen molar-refractivity contribution in [1.82, 2.24) is 9.97 Å². The van der Waals surface area contributed by atoms with Crippen LogP contribution in [0.3, 0.4) is 0 Å². The van der Waals surface area contributed by atoms with Crippen LogP contribution in [0.4, 0.5) is 11.8 Å². The van der Waals surface area contributed by atoms with Gasteiger partial charge in [-0.1, -0.05) is 0 Å². The Hall–Kier alpha value is -3.49. The lowest BCUT2D eigenvalue weighted by Crippen LogP contribution is -2.36. The molecule has 1 aliphatic carbocycles. The molecule has 5 rings (SSSR count). The van der Waals surface area contributed by atoms with Crippen molar-refractivity contribution in [2.24, 2.45) is 0 Å². The number of carbonyl (C=O) groups excluding carboxylic acids is 1. The van der Waals surface area contributed by atoms with Crippen LogP contribution in [0.1, 0.15) is 55.6 Å². The second kappa shape index (κ2) is 9.04. The van der Waals surface area contributed by atoms with Gasteiger partial charge >= 0.3 is 0 Å². The summed E-state index contributed by atoms with van der Waals surface area (Å²) in [6, 6.07) is 3.52. The van der Waals surface area contributed by atoms with Gasteiger partial charge in [-0.2, -0.15) is 4.98 Å². The van der Waals surface area contributed by atoms with E-state index in [1.807, 2.05) is 0 Å². The lowest BCUT2D eigenvalue weighted by molar-refractivity contribution is -0.116. The van der Waals surface area contributed by atoms with Crippen LogP contribution >= 0.6 is 0 Å². The van der Waals surface area contributed by atoms with Crippen molar-refractivity contribution in [2.45, 2.75) is 44.4 Å². The van der Waals surface area contributed by atoms with Crippen molar-refractivity contribution >= 4 is 17.5 Å². The monoisotopic (exact) mass is 466 g/mol. The third-order valence-electron chi connectivity index (χ3n) is 6.95. The van der Waals surface area contributed by atoms with Gasteiger partial charge in [-0.3, -0.25) is 14.6 Å². The van der Waals surface area contributed by atoms with E-state index in [2.05, 4.69) is 15.2 Å². The van der Waals surface area contributed by atoms with Gasteiger partial charge in [0.15, 0.2) is 17.3 Å². The molecule has 1 atom stereocenters. The van der Waals surface area contributed by atoms with Crippen LogP contribution in [0, 0.1) is 0 Å². The molecule has 2 N–H and O–H groups in total. The third kappa shape index (κ3) is 3.69. The van der Waals surface area contributed by atoms with E-state index in [9.17, 15) is 9.59 Å². The SMILES string of the molecule is COc1cc(OC)c([C@H]2C3=C(CCCC3=O)Nc3nc(N4CCCCC4)[nH]c(=O)c32)cc1OC. The number of fused-ring (bicyclic) bond motifs is 1. The summed E-state index contributed by atoms with van der Waals surface area (Å²) in [4.78, 5) is 36.7. The minimum absolute atomic E-state index is 0.0285. The highest BCUT2D eigenvalue weighted by molar-refractivity contribution is 6.01. The summed E-state index contributed by atoms with van der Waals surface area (Å²) in [6.07, 6.45) is 5.26. The Kier molecular flexibility index (Phi) is 5.93. The number of allylic oxidation sites excluding steroid dienone is 2. The molecule has 0 amide bonds. The van der Waals surface area contributed by atoms with Gasteiger partial charge in [-0.15, -0.1) is 0 Å². The number of ether oxygens (including phenoxy) is 3. The number of rotatable bonds is 5. The Morgan fingerprint density at radius 2 is 1.62 bits per heavy atom. The Labute approximate surface area is 198 Å². The van der Waals surface area contributed by atoms with Gasteiger partial charge in [0.1, 0.15) is 11.6 Å². The minimum atomic E-state index is -0.625. The van der Waals surface area contributed by atoms with Crippen molar-refractivity contribution in [1.29, 1.82) is 0 Å². The zero-order valence-electron chi connectivity index (χ0n) is 19.8. The summed E-state index contributed by atoms with van der Waals surface area (Å²) < 4.78 is 16.7. The Balaban J connectivity index is 1.73. The first-order valence-electron chi connectivity index (χ1n) is 11.8. The lowest BCUT2D eigenvalue weighted by atomic mass is 9.76. The topological polar surface area (TPSA) is 106 Å². The average molecular weight is 467 g/mol. The maximum atomic E-state index is 13.6. The first-order valence-corrected chi connectivity index (χ1v) is 11.8. The first-order chi connectivity index (χ1) is 16.5. The smallest absolute Gasteiger partial charge is 0.258 e. The predicted octanol–water partition coefficient (Wildman–Crippen LogP) is 3.35. The second-order valence-corrected chi connectivity index (χ2v) is 8.88. The molecule has 0 saturated carbocycles. The number of nitrogens with one attached hydrogen (secondary N) is 2. The highest BCUT2D eigenvalue weighted by Crippen LogP contribution is 2.48. The number of Topliss-reactive ketones (excluding diaryl/α,β-unsaturated/α-hetero) is 1. The van der Waals surface area contributed by atoms with E-state index in [4.69, 9.17) is 19.2 Å². The number of hydrogen-bond donors (Lipinski definition) is 2. The van der Waals surface area contributed by atoms with Crippen molar-refractivity contribution in [3.8, 4) is 17.2 Å². The summed E-state index contributed by atoms with van der Waals surface area (Å²) in [5.41, 5.74) is 2.25. The number of piperidine rings is 1. The molecule has 3 aliphatic rings. The van der Waals surface area contributed by atoms with Crippen molar-refractivity contribution in [3.05, 3.63) is 44.9 Å².